The molecule has 2 aromatic carbocycles. The molecule has 4 atom stereocenters. The van der Waals surface area contributed by atoms with Gasteiger partial charge in [0.15, 0.2) is 0 Å². The van der Waals surface area contributed by atoms with Crippen LogP contribution < -0.4 is 26.0 Å². The molecule has 8 rings (SSSR count). The number of β-amino-alcohol motifs (C(OH)–C–C–N with tert-alkyl or cyclic N) is 1. The Morgan fingerprint density at radius 1 is 1.01 bits per heavy atom. The molecule has 3 aromatic rings. The molecule has 0 radical (unpaired) electrons. The molecule has 4 amide bonds. The van der Waals surface area contributed by atoms with Crippen molar-refractivity contribution in [2.24, 2.45) is 21.7 Å². The third-order valence-electron chi connectivity index (χ3n) is 14.7. The summed E-state index contributed by atoms with van der Waals surface area (Å²) in [5.41, 5.74) is 3.52. The van der Waals surface area contributed by atoms with Gasteiger partial charge in [-0.25, -0.2) is 4.98 Å². The number of rotatable bonds is 19. The number of carbonyl (C=O) groups is 4. The second-order valence-electron chi connectivity index (χ2n) is 21.8. The maximum Gasteiger partial charge on any atom is 0.246 e. The van der Waals surface area contributed by atoms with Crippen molar-refractivity contribution >= 4 is 46.6 Å². The maximum absolute atomic E-state index is 14.1. The summed E-state index contributed by atoms with van der Waals surface area (Å²) in [4.78, 5) is 61.3. The van der Waals surface area contributed by atoms with Crippen LogP contribution in [-0.2, 0) is 23.9 Å². The number of unbranched alkanes of at least 4 members (excludes halogenated alkanes) is 2. The fraction of sp³-hybridized carbons (Fsp3) is 0.608. The molecule has 0 spiro atoms. The number of amides is 4. The first kappa shape index (κ1) is 50.3. The van der Waals surface area contributed by atoms with Gasteiger partial charge >= 0.3 is 0 Å². The molecule has 362 valence electrons. The van der Waals surface area contributed by atoms with Crippen LogP contribution in [0.3, 0.4) is 0 Å². The number of nitrogens with one attached hydrogen (secondary N) is 4. The third-order valence-corrected chi connectivity index (χ3v) is 16.0. The van der Waals surface area contributed by atoms with Crippen LogP contribution in [0.4, 0.5) is 0 Å². The molecular formula is C51H68ClN7O7S. The van der Waals surface area contributed by atoms with Crippen molar-refractivity contribution in [2.75, 3.05) is 26.3 Å². The van der Waals surface area contributed by atoms with Gasteiger partial charge in [-0.2, -0.15) is 5.26 Å². The summed E-state index contributed by atoms with van der Waals surface area (Å²) in [6.45, 7) is 18.9. The highest BCUT2D eigenvalue weighted by atomic mass is 35.5. The van der Waals surface area contributed by atoms with Crippen LogP contribution in [0.15, 0.2) is 48.0 Å². The van der Waals surface area contributed by atoms with Gasteiger partial charge in [-0.15, -0.1) is 11.3 Å². The van der Waals surface area contributed by atoms with E-state index in [0.717, 1.165) is 66.8 Å². The number of likely N-dealkylation sites (tertiary alicyclic amines) is 1. The predicted octanol–water partition coefficient (Wildman–Crippen LogP) is 7.01. The number of halogens is 1. The topological polar surface area (TPSA) is 195 Å². The number of aliphatic hydroxyl groups excluding tert-OH is 1. The average molecular weight is 959 g/mol. The molecule has 5 N–H and O–H groups in total. The normalized spacial score (nSPS) is 26.4. The quantitative estimate of drug-likeness (QED) is 0.0781. The van der Waals surface area contributed by atoms with Crippen molar-refractivity contribution in [3.05, 3.63) is 69.8 Å². The molecule has 1 saturated heterocycles. The number of carbonyl (C=O) groups excluding carboxylic acids is 4. The molecule has 5 aliphatic rings. The molecule has 4 aliphatic carbocycles. The zero-order valence-electron chi connectivity index (χ0n) is 40.4. The molecule has 14 nitrogen and oxygen atoms in total. The zero-order chi connectivity index (χ0) is 48.7. The average Bonchev–Trinajstić information content (AvgIpc) is 3.86. The molecule has 16 heteroatoms. The molecule has 4 saturated carbocycles. The first-order chi connectivity index (χ1) is 31.5. The molecule has 1 aliphatic heterocycles. The van der Waals surface area contributed by atoms with Gasteiger partial charge in [0.2, 0.25) is 23.6 Å². The Bertz CT molecular complexity index is 2340. The lowest BCUT2D eigenvalue weighted by molar-refractivity contribution is -0.199. The first-order valence-electron chi connectivity index (χ1n) is 23.6. The van der Waals surface area contributed by atoms with Gasteiger partial charge in [-0.3, -0.25) is 19.2 Å². The number of nitriles is 1. The summed E-state index contributed by atoms with van der Waals surface area (Å²) >= 11 is 7.84. The van der Waals surface area contributed by atoms with Crippen molar-refractivity contribution in [1.82, 2.24) is 31.2 Å². The Hall–Kier alpha value is -4.59. The van der Waals surface area contributed by atoms with E-state index in [1.807, 2.05) is 64.4 Å². The number of hydrogen-bond donors (Lipinski definition) is 5. The van der Waals surface area contributed by atoms with E-state index < -0.39 is 35.4 Å². The Kier molecular flexibility index (Phi) is 14.6. The zero-order valence-corrected chi connectivity index (χ0v) is 42.0. The minimum atomic E-state index is -0.942. The minimum Gasteiger partial charge on any atom is -0.489 e. The van der Waals surface area contributed by atoms with E-state index >= 15 is 0 Å². The van der Waals surface area contributed by atoms with Gasteiger partial charge in [0.1, 0.15) is 36.6 Å². The van der Waals surface area contributed by atoms with Crippen molar-refractivity contribution in [2.45, 2.75) is 149 Å². The van der Waals surface area contributed by atoms with Crippen LogP contribution in [0.25, 0.3) is 10.4 Å². The number of ether oxygens (including phenoxy) is 2. The molecule has 5 fully saturated rings. The predicted molar refractivity (Wildman–Crippen MR) is 258 cm³/mol. The van der Waals surface area contributed by atoms with Crippen molar-refractivity contribution in [3.8, 4) is 22.3 Å². The summed E-state index contributed by atoms with van der Waals surface area (Å²) in [6.07, 6.45) is 4.16. The van der Waals surface area contributed by atoms with Gasteiger partial charge in [0.25, 0.3) is 0 Å². The van der Waals surface area contributed by atoms with E-state index in [1.54, 1.807) is 29.5 Å². The van der Waals surface area contributed by atoms with Crippen LogP contribution >= 0.6 is 22.9 Å². The summed E-state index contributed by atoms with van der Waals surface area (Å²) in [5, 5.41) is 33.2. The van der Waals surface area contributed by atoms with Crippen molar-refractivity contribution in [3.63, 3.8) is 0 Å². The van der Waals surface area contributed by atoms with Gasteiger partial charge in [0, 0.05) is 48.0 Å². The second kappa shape index (κ2) is 19.4. The van der Waals surface area contributed by atoms with Crippen molar-refractivity contribution < 1.29 is 33.8 Å². The van der Waals surface area contributed by atoms with E-state index in [-0.39, 0.29) is 71.4 Å². The second-order valence-corrected chi connectivity index (χ2v) is 23.1. The van der Waals surface area contributed by atoms with Crippen LogP contribution in [0.2, 0.25) is 5.02 Å². The number of aromatic nitrogens is 1. The van der Waals surface area contributed by atoms with E-state index in [2.05, 4.69) is 60.0 Å². The monoisotopic (exact) mass is 957 g/mol. The largest absolute Gasteiger partial charge is 0.489 e. The smallest absolute Gasteiger partial charge is 0.246 e. The highest BCUT2D eigenvalue weighted by Crippen LogP contribution is 2.68. The number of aliphatic hydroxyl groups is 1. The van der Waals surface area contributed by atoms with Gasteiger partial charge < -0.3 is 40.7 Å². The van der Waals surface area contributed by atoms with Crippen LogP contribution in [0, 0.1) is 39.9 Å². The SMILES string of the molecule is Cc1ncsc1-c1ccc(C(C)NC(=O)[C@@H]2C[C@@H](O)CN2C(=O)[C@@H](NC(=O)COCCCCCNC23CC(C(=O)NC4C(C)(C)C(Oc5ccc(C#N)c(Cl)c5)C4(C)C)(C2)C3)C(C)(C)C)cc1. The molecular weight excluding hydrogens is 890 g/mol. The van der Waals surface area contributed by atoms with E-state index in [9.17, 15) is 29.5 Å². The summed E-state index contributed by atoms with van der Waals surface area (Å²) in [5.74, 6) is -0.477. The fourth-order valence-electron chi connectivity index (χ4n) is 11.3. The fourth-order valence-corrected chi connectivity index (χ4v) is 12.4. The lowest BCUT2D eigenvalue weighted by Gasteiger charge is -2.71. The van der Waals surface area contributed by atoms with E-state index in [1.165, 1.54) is 4.90 Å². The van der Waals surface area contributed by atoms with Crippen LogP contribution in [-0.4, -0.2) is 101 Å². The Balaban J connectivity index is 0.786. The number of thiazole rings is 1. The number of hydrogen-bond acceptors (Lipinski definition) is 11. The van der Waals surface area contributed by atoms with Gasteiger partial charge in [0.05, 0.1) is 44.2 Å². The standard InChI is InChI=1S/C51H68ClN7O7S/c1-30(32-13-15-33(16-14-32)40-31(2)54-29-67-40)56-42(62)38-21-35(60)24-59(38)43(63)41(47(3,4)5)57-39(61)25-65-20-12-10-11-19-55-51-26-50(27-51,28-51)46(64)58-44-48(6,7)45(49(44,8)9)66-36-18-17-34(23-53)37(52)22-36/h13-18,22,29-30,35,38,41,44-45,55,60H,10-12,19-21,24-28H2,1-9H3,(H,56,62)(H,57,61)(H,58,64)/t30?,35-,38+,41-,44?,45?,50?,51?/m1/s1. The van der Waals surface area contributed by atoms with E-state index in [4.69, 9.17) is 21.1 Å². The number of nitrogens with zero attached hydrogens (tertiary/aromatic N) is 3. The molecule has 1 aromatic heterocycles. The Morgan fingerprint density at radius 2 is 1.70 bits per heavy atom. The molecule has 1 unspecified atom stereocenters. The lowest BCUT2D eigenvalue weighted by Crippen LogP contribution is -2.81. The Labute approximate surface area is 404 Å². The highest BCUT2D eigenvalue weighted by molar-refractivity contribution is 7.13. The third kappa shape index (κ3) is 10.4. The first-order valence-corrected chi connectivity index (χ1v) is 24.8. The summed E-state index contributed by atoms with van der Waals surface area (Å²) in [7, 11) is 0. The minimum absolute atomic E-state index is 0.00611. The van der Waals surface area contributed by atoms with Crippen LogP contribution in [0.1, 0.15) is 123 Å². The maximum atomic E-state index is 14.1. The molecule has 2 bridgehead atoms. The van der Waals surface area contributed by atoms with Gasteiger partial charge in [-0.1, -0.05) is 84.3 Å². The van der Waals surface area contributed by atoms with Gasteiger partial charge in [-0.05, 0) is 87.6 Å². The number of benzene rings is 2. The summed E-state index contributed by atoms with van der Waals surface area (Å²) < 4.78 is 12.1. The van der Waals surface area contributed by atoms with Crippen molar-refractivity contribution in [1.29, 1.82) is 5.26 Å². The van der Waals surface area contributed by atoms with E-state index in [0.29, 0.717) is 22.9 Å². The summed E-state index contributed by atoms with van der Waals surface area (Å²) in [6, 6.07) is 12.9. The number of aryl methyl sites for hydroxylation is 1. The Morgan fingerprint density at radius 3 is 2.31 bits per heavy atom. The molecule has 67 heavy (non-hydrogen) atoms. The highest BCUT2D eigenvalue weighted by Gasteiger charge is 2.73. The molecule has 2 heterocycles. The lowest BCUT2D eigenvalue weighted by atomic mass is 9.38. The van der Waals surface area contributed by atoms with Crippen LogP contribution in [0.5, 0.6) is 5.75 Å².